The van der Waals surface area contributed by atoms with Crippen molar-refractivity contribution in [3.8, 4) is 0 Å². The van der Waals surface area contributed by atoms with Crippen LogP contribution in [0.5, 0.6) is 0 Å². The third kappa shape index (κ3) is 2.67. The summed E-state index contributed by atoms with van der Waals surface area (Å²) < 4.78 is 4.52. The van der Waals surface area contributed by atoms with Crippen LogP contribution in [0.15, 0.2) is 20.8 Å². The minimum atomic E-state index is -0.527. The number of nitrogens with zero attached hydrogens (tertiary/aromatic N) is 1. The number of thiophene rings is 1. The molecular weight excluding hydrogens is 278 g/mol. The molecule has 2 atom stereocenters. The van der Waals surface area contributed by atoms with Gasteiger partial charge in [0, 0.05) is 22.2 Å². The van der Waals surface area contributed by atoms with Crippen LogP contribution in [0.25, 0.3) is 0 Å². The van der Waals surface area contributed by atoms with Crippen molar-refractivity contribution < 1.29 is 9.32 Å². The van der Waals surface area contributed by atoms with Gasteiger partial charge in [-0.1, -0.05) is 5.16 Å². The molecule has 2 aromatic rings. The summed E-state index contributed by atoms with van der Waals surface area (Å²) in [7, 11) is 0. The first-order valence-electron chi connectivity index (χ1n) is 6.53. The second-order valence-electron chi connectivity index (χ2n) is 5.11. The molecule has 0 saturated heterocycles. The van der Waals surface area contributed by atoms with Gasteiger partial charge >= 0.3 is 5.76 Å². The van der Waals surface area contributed by atoms with E-state index in [2.05, 4.69) is 20.0 Å². The normalized spacial score (nSPS) is 22.1. The Balaban J connectivity index is 1.60. The van der Waals surface area contributed by atoms with Gasteiger partial charge in [0.15, 0.2) is 5.82 Å². The average molecular weight is 293 g/mol. The molecule has 2 unspecified atom stereocenters. The van der Waals surface area contributed by atoms with Crippen molar-refractivity contribution in [2.75, 3.05) is 0 Å². The lowest BCUT2D eigenvalue weighted by molar-refractivity contribution is 0.0938. The number of aryl methyl sites for hydroxylation is 1. The minimum Gasteiger partial charge on any atom is -0.349 e. The fourth-order valence-corrected chi connectivity index (χ4v) is 3.29. The van der Waals surface area contributed by atoms with Crippen LogP contribution in [-0.2, 0) is 0 Å². The van der Waals surface area contributed by atoms with Crippen molar-refractivity contribution in [1.82, 2.24) is 15.5 Å². The second kappa shape index (κ2) is 5.24. The van der Waals surface area contributed by atoms with Crippen molar-refractivity contribution in [1.29, 1.82) is 0 Å². The topological polar surface area (TPSA) is 88.0 Å². The fourth-order valence-electron chi connectivity index (χ4n) is 2.61. The molecule has 7 heteroatoms. The minimum absolute atomic E-state index is 0.0337. The second-order valence-corrected chi connectivity index (χ2v) is 6.22. The van der Waals surface area contributed by atoms with E-state index in [9.17, 15) is 9.59 Å². The SMILES string of the molecule is Cc1cc(C(=O)NC2CCC(c3noc(=O)[nH]3)C2)cs1. The molecule has 0 aromatic carbocycles. The van der Waals surface area contributed by atoms with Crippen LogP contribution in [0.1, 0.15) is 46.2 Å². The number of hydrogen-bond acceptors (Lipinski definition) is 5. The molecule has 1 aliphatic rings. The van der Waals surface area contributed by atoms with Gasteiger partial charge in [-0.15, -0.1) is 11.3 Å². The van der Waals surface area contributed by atoms with Crippen molar-refractivity contribution in [3.05, 3.63) is 38.3 Å². The number of hydrogen-bond donors (Lipinski definition) is 2. The number of rotatable bonds is 3. The van der Waals surface area contributed by atoms with E-state index in [4.69, 9.17) is 0 Å². The molecule has 2 heterocycles. The number of carbonyl (C=O) groups excluding carboxylic acids is 1. The number of amides is 1. The highest BCUT2D eigenvalue weighted by atomic mass is 32.1. The largest absolute Gasteiger partial charge is 0.438 e. The Labute approximate surface area is 119 Å². The van der Waals surface area contributed by atoms with Crippen LogP contribution in [0, 0.1) is 6.92 Å². The van der Waals surface area contributed by atoms with Crippen molar-refractivity contribution in [2.45, 2.75) is 38.1 Å². The Morgan fingerprint density at radius 3 is 3.05 bits per heavy atom. The van der Waals surface area contributed by atoms with Crippen molar-refractivity contribution >= 4 is 17.2 Å². The van der Waals surface area contributed by atoms with Crippen LogP contribution >= 0.6 is 11.3 Å². The number of aromatic nitrogens is 2. The van der Waals surface area contributed by atoms with Crippen LogP contribution in [-0.4, -0.2) is 22.1 Å². The third-order valence-corrected chi connectivity index (χ3v) is 4.47. The molecule has 106 valence electrons. The molecular formula is C13H15N3O3S. The van der Waals surface area contributed by atoms with E-state index in [1.54, 1.807) is 11.3 Å². The zero-order valence-electron chi connectivity index (χ0n) is 11.0. The summed E-state index contributed by atoms with van der Waals surface area (Å²) in [5, 5.41) is 8.62. The average Bonchev–Trinajstić information content (AvgIpc) is 3.10. The molecule has 1 saturated carbocycles. The molecule has 0 radical (unpaired) electrons. The van der Waals surface area contributed by atoms with Crippen LogP contribution in [0.2, 0.25) is 0 Å². The molecule has 3 rings (SSSR count). The van der Waals surface area contributed by atoms with Crippen LogP contribution in [0.4, 0.5) is 0 Å². The maximum absolute atomic E-state index is 12.1. The highest BCUT2D eigenvalue weighted by Gasteiger charge is 2.29. The first-order valence-corrected chi connectivity index (χ1v) is 7.41. The number of nitrogens with one attached hydrogen (secondary N) is 2. The first kappa shape index (κ1) is 13.1. The number of carbonyl (C=O) groups is 1. The zero-order valence-corrected chi connectivity index (χ0v) is 11.8. The molecule has 2 aromatic heterocycles. The fraction of sp³-hybridized carbons (Fsp3) is 0.462. The molecule has 0 aliphatic heterocycles. The summed E-state index contributed by atoms with van der Waals surface area (Å²) in [6.45, 7) is 1.98. The lowest BCUT2D eigenvalue weighted by Crippen LogP contribution is -2.32. The lowest BCUT2D eigenvalue weighted by Gasteiger charge is -2.11. The monoisotopic (exact) mass is 293 g/mol. The van der Waals surface area contributed by atoms with Gasteiger partial charge in [-0.05, 0) is 32.3 Å². The lowest BCUT2D eigenvalue weighted by atomic mass is 10.1. The standard InChI is InChI=1S/C13H15N3O3S/c1-7-4-9(6-20-7)12(17)14-10-3-2-8(5-10)11-15-13(18)19-16-11/h4,6,8,10H,2-3,5H2,1H3,(H,14,17)(H,15,16,18). The van der Waals surface area contributed by atoms with E-state index in [-0.39, 0.29) is 17.9 Å². The summed E-state index contributed by atoms with van der Waals surface area (Å²) in [5.41, 5.74) is 0.714. The maximum atomic E-state index is 12.1. The molecule has 1 amide bonds. The molecule has 1 fully saturated rings. The van der Waals surface area contributed by atoms with Gasteiger partial charge in [0.1, 0.15) is 0 Å². The zero-order chi connectivity index (χ0) is 14.1. The van der Waals surface area contributed by atoms with Gasteiger partial charge < -0.3 is 5.32 Å². The predicted octanol–water partition coefficient (Wildman–Crippen LogP) is 1.80. The maximum Gasteiger partial charge on any atom is 0.438 e. The summed E-state index contributed by atoms with van der Waals surface area (Å²) >= 11 is 1.57. The van der Waals surface area contributed by atoms with Crippen molar-refractivity contribution in [2.24, 2.45) is 0 Å². The highest BCUT2D eigenvalue weighted by molar-refractivity contribution is 7.10. The molecule has 6 nitrogen and oxygen atoms in total. The summed E-state index contributed by atoms with van der Waals surface area (Å²) in [6, 6.07) is 2.01. The molecule has 20 heavy (non-hydrogen) atoms. The summed E-state index contributed by atoms with van der Waals surface area (Å²) in [5.74, 6) is 0.170. The smallest absolute Gasteiger partial charge is 0.349 e. The van der Waals surface area contributed by atoms with E-state index in [1.165, 1.54) is 0 Å². The Morgan fingerprint density at radius 2 is 2.40 bits per heavy atom. The summed E-state index contributed by atoms with van der Waals surface area (Å²) in [6.07, 6.45) is 2.54. The van der Waals surface area contributed by atoms with Gasteiger partial charge in [-0.25, -0.2) is 4.79 Å². The quantitative estimate of drug-likeness (QED) is 0.903. The van der Waals surface area contributed by atoms with Crippen LogP contribution in [0.3, 0.4) is 0 Å². The summed E-state index contributed by atoms with van der Waals surface area (Å²) in [4.78, 5) is 26.7. The van der Waals surface area contributed by atoms with Crippen LogP contribution < -0.4 is 11.1 Å². The Morgan fingerprint density at radius 1 is 1.55 bits per heavy atom. The Kier molecular flexibility index (Phi) is 3.43. The Bertz CT molecular complexity index is 672. The predicted molar refractivity (Wildman–Crippen MR) is 74.0 cm³/mol. The third-order valence-electron chi connectivity index (χ3n) is 3.60. The molecule has 0 spiro atoms. The van der Waals surface area contributed by atoms with E-state index in [1.807, 2.05) is 18.4 Å². The molecule has 2 N–H and O–H groups in total. The van der Waals surface area contributed by atoms with Crippen molar-refractivity contribution in [3.63, 3.8) is 0 Å². The van der Waals surface area contributed by atoms with E-state index >= 15 is 0 Å². The van der Waals surface area contributed by atoms with Gasteiger partial charge in [0.05, 0.1) is 5.56 Å². The number of aromatic amines is 1. The Hall–Kier alpha value is -1.89. The first-order chi connectivity index (χ1) is 9.61. The molecule has 0 bridgehead atoms. The van der Waals surface area contributed by atoms with Gasteiger partial charge in [0.25, 0.3) is 5.91 Å². The van der Waals surface area contributed by atoms with E-state index in [0.717, 1.165) is 24.1 Å². The molecule has 1 aliphatic carbocycles. The van der Waals surface area contributed by atoms with E-state index in [0.29, 0.717) is 11.4 Å². The van der Waals surface area contributed by atoms with Gasteiger partial charge in [-0.3, -0.25) is 14.3 Å². The number of H-pyrrole nitrogens is 1. The van der Waals surface area contributed by atoms with E-state index < -0.39 is 5.76 Å². The highest BCUT2D eigenvalue weighted by Crippen LogP contribution is 2.32. The van der Waals surface area contributed by atoms with Gasteiger partial charge in [-0.2, -0.15) is 0 Å². The van der Waals surface area contributed by atoms with Gasteiger partial charge in [0.2, 0.25) is 0 Å².